The maximum absolute atomic E-state index is 13.3. The highest BCUT2D eigenvalue weighted by molar-refractivity contribution is 6.39. The van der Waals surface area contributed by atoms with Gasteiger partial charge in [0, 0.05) is 0 Å². The maximum atomic E-state index is 13.3. The quantitative estimate of drug-likeness (QED) is 0.422. The molecule has 34 heavy (non-hydrogen) atoms. The van der Waals surface area contributed by atoms with Gasteiger partial charge < -0.3 is 4.74 Å². The van der Waals surface area contributed by atoms with Gasteiger partial charge in [-0.3, -0.25) is 14.9 Å². The fourth-order valence-corrected chi connectivity index (χ4v) is 4.13. The molecule has 4 rings (SSSR count). The van der Waals surface area contributed by atoms with Crippen LogP contribution in [0.25, 0.3) is 6.08 Å². The van der Waals surface area contributed by atoms with E-state index in [0.29, 0.717) is 24.5 Å². The smallest absolute Gasteiger partial charge is 0.335 e. The zero-order chi connectivity index (χ0) is 24.2. The van der Waals surface area contributed by atoms with Gasteiger partial charge in [-0.2, -0.15) is 0 Å². The number of amides is 4. The van der Waals surface area contributed by atoms with Gasteiger partial charge in [-0.1, -0.05) is 53.6 Å². The number of imide groups is 2. The van der Waals surface area contributed by atoms with Crippen molar-refractivity contribution in [2.75, 3.05) is 11.5 Å². The Kier molecular flexibility index (Phi) is 6.59. The molecular formula is C28H26N2O4. The average Bonchev–Trinajstić information content (AvgIpc) is 2.78. The standard InChI is InChI=1S/C28H26N2O4/c1-4-34-24-11-9-23(10-12-24)30-27(32)25(26(31)29-28(30)33)17-22-8-6-5-7-21(22)16-20-14-18(2)13-19(3)15-20/h5-15,17H,4,16H2,1-3H3,(H,29,31,33)/b25-17+. The number of ether oxygens (including phenoxy) is 1. The highest BCUT2D eigenvalue weighted by Gasteiger charge is 2.36. The van der Waals surface area contributed by atoms with E-state index in [1.807, 2.05) is 31.2 Å². The minimum atomic E-state index is -0.778. The van der Waals surface area contributed by atoms with E-state index in [9.17, 15) is 14.4 Å². The number of anilines is 1. The first kappa shape index (κ1) is 23.0. The third-order valence-corrected chi connectivity index (χ3v) is 5.54. The minimum Gasteiger partial charge on any atom is -0.494 e. The predicted octanol–water partition coefficient (Wildman–Crippen LogP) is 4.96. The third kappa shape index (κ3) is 4.91. The van der Waals surface area contributed by atoms with E-state index in [-0.39, 0.29) is 5.57 Å². The molecule has 0 radical (unpaired) electrons. The van der Waals surface area contributed by atoms with Gasteiger partial charge in [0.2, 0.25) is 0 Å². The van der Waals surface area contributed by atoms with Crippen molar-refractivity contribution in [2.24, 2.45) is 0 Å². The molecule has 1 saturated heterocycles. The van der Waals surface area contributed by atoms with Crippen LogP contribution >= 0.6 is 0 Å². The second-order valence-corrected chi connectivity index (χ2v) is 8.26. The largest absolute Gasteiger partial charge is 0.494 e. The molecule has 1 fully saturated rings. The van der Waals surface area contributed by atoms with Gasteiger partial charge in [-0.05, 0) is 74.2 Å². The molecule has 3 aromatic carbocycles. The van der Waals surface area contributed by atoms with Crippen LogP contribution in [0.5, 0.6) is 5.75 Å². The van der Waals surface area contributed by atoms with E-state index in [1.54, 1.807) is 30.3 Å². The number of barbiturate groups is 1. The number of aryl methyl sites for hydroxylation is 2. The summed E-state index contributed by atoms with van der Waals surface area (Å²) in [6.07, 6.45) is 2.21. The molecule has 6 nitrogen and oxygen atoms in total. The van der Waals surface area contributed by atoms with E-state index in [0.717, 1.165) is 21.6 Å². The summed E-state index contributed by atoms with van der Waals surface area (Å²) in [5.41, 5.74) is 5.49. The molecule has 0 bridgehead atoms. The molecule has 0 spiro atoms. The van der Waals surface area contributed by atoms with Gasteiger partial charge in [0.1, 0.15) is 11.3 Å². The summed E-state index contributed by atoms with van der Waals surface area (Å²) in [6, 6.07) is 19.8. The van der Waals surface area contributed by atoms with Crippen molar-refractivity contribution < 1.29 is 19.1 Å². The van der Waals surface area contributed by atoms with Crippen molar-refractivity contribution in [3.05, 3.63) is 100 Å². The van der Waals surface area contributed by atoms with Gasteiger partial charge in [0.15, 0.2) is 0 Å². The Morgan fingerprint density at radius 3 is 2.26 bits per heavy atom. The summed E-state index contributed by atoms with van der Waals surface area (Å²) >= 11 is 0. The molecule has 1 aliphatic rings. The molecule has 0 unspecified atom stereocenters. The lowest BCUT2D eigenvalue weighted by Crippen LogP contribution is -2.54. The normalized spacial score (nSPS) is 15.0. The third-order valence-electron chi connectivity index (χ3n) is 5.54. The zero-order valence-electron chi connectivity index (χ0n) is 19.4. The Balaban J connectivity index is 1.67. The maximum Gasteiger partial charge on any atom is 0.335 e. The summed E-state index contributed by atoms with van der Waals surface area (Å²) in [6.45, 7) is 6.49. The number of hydrogen-bond donors (Lipinski definition) is 1. The summed E-state index contributed by atoms with van der Waals surface area (Å²) in [4.78, 5) is 39.4. The second-order valence-electron chi connectivity index (χ2n) is 8.26. The molecule has 1 heterocycles. The highest BCUT2D eigenvalue weighted by atomic mass is 16.5. The van der Waals surface area contributed by atoms with Crippen molar-refractivity contribution >= 4 is 29.6 Å². The van der Waals surface area contributed by atoms with Crippen LogP contribution in [0.2, 0.25) is 0 Å². The minimum absolute atomic E-state index is 0.0960. The summed E-state index contributed by atoms with van der Waals surface area (Å²) in [5, 5.41) is 2.28. The number of benzene rings is 3. The Bertz CT molecular complexity index is 1270. The highest BCUT2D eigenvalue weighted by Crippen LogP contribution is 2.26. The monoisotopic (exact) mass is 454 g/mol. The number of nitrogens with one attached hydrogen (secondary N) is 1. The van der Waals surface area contributed by atoms with Crippen LogP contribution in [-0.2, 0) is 16.0 Å². The fraction of sp³-hybridized carbons (Fsp3) is 0.179. The zero-order valence-corrected chi connectivity index (χ0v) is 19.4. The number of carbonyl (C=O) groups excluding carboxylic acids is 3. The molecule has 1 N–H and O–H groups in total. The first-order valence-electron chi connectivity index (χ1n) is 11.1. The Morgan fingerprint density at radius 2 is 1.59 bits per heavy atom. The molecule has 6 heteroatoms. The first-order chi connectivity index (χ1) is 16.4. The van der Waals surface area contributed by atoms with Gasteiger partial charge >= 0.3 is 6.03 Å². The molecule has 1 aliphatic heterocycles. The van der Waals surface area contributed by atoms with Gasteiger partial charge in [0.05, 0.1) is 12.3 Å². The topological polar surface area (TPSA) is 75.7 Å². The molecule has 3 aromatic rings. The Morgan fingerprint density at radius 1 is 0.912 bits per heavy atom. The number of hydrogen-bond acceptors (Lipinski definition) is 4. The van der Waals surface area contributed by atoms with Crippen LogP contribution in [0.3, 0.4) is 0 Å². The lowest BCUT2D eigenvalue weighted by atomic mass is 9.95. The van der Waals surface area contributed by atoms with Crippen LogP contribution in [-0.4, -0.2) is 24.5 Å². The van der Waals surface area contributed by atoms with Gasteiger partial charge in [-0.25, -0.2) is 9.69 Å². The number of carbonyl (C=O) groups is 3. The molecular weight excluding hydrogens is 428 g/mol. The summed E-state index contributed by atoms with van der Waals surface area (Å²) in [5.74, 6) is -0.749. The van der Waals surface area contributed by atoms with Crippen molar-refractivity contribution in [3.63, 3.8) is 0 Å². The number of nitrogens with zero attached hydrogens (tertiary/aromatic N) is 1. The molecule has 0 aromatic heterocycles. The predicted molar refractivity (Wildman–Crippen MR) is 132 cm³/mol. The molecule has 0 saturated carbocycles. The second kappa shape index (κ2) is 9.75. The molecule has 0 aliphatic carbocycles. The lowest BCUT2D eigenvalue weighted by Gasteiger charge is -2.26. The van der Waals surface area contributed by atoms with E-state index < -0.39 is 17.8 Å². The van der Waals surface area contributed by atoms with Crippen LogP contribution < -0.4 is 15.0 Å². The molecule has 172 valence electrons. The summed E-state index contributed by atoms with van der Waals surface area (Å²) < 4.78 is 5.43. The molecule has 4 amide bonds. The van der Waals surface area contributed by atoms with E-state index in [2.05, 4.69) is 37.4 Å². The lowest BCUT2D eigenvalue weighted by molar-refractivity contribution is -0.122. The average molecular weight is 455 g/mol. The molecule has 0 atom stereocenters. The van der Waals surface area contributed by atoms with E-state index in [1.165, 1.54) is 11.1 Å². The van der Waals surface area contributed by atoms with Gasteiger partial charge in [0.25, 0.3) is 11.8 Å². The fourth-order valence-electron chi connectivity index (χ4n) is 4.13. The van der Waals surface area contributed by atoms with E-state index in [4.69, 9.17) is 4.74 Å². The van der Waals surface area contributed by atoms with E-state index >= 15 is 0 Å². The van der Waals surface area contributed by atoms with Crippen LogP contribution in [0.4, 0.5) is 10.5 Å². The first-order valence-corrected chi connectivity index (χ1v) is 11.1. The van der Waals surface area contributed by atoms with Crippen molar-refractivity contribution in [1.29, 1.82) is 0 Å². The SMILES string of the molecule is CCOc1ccc(N2C(=O)NC(=O)/C(=C\c3ccccc3Cc3cc(C)cc(C)c3)C2=O)cc1. The number of rotatable bonds is 6. The van der Waals surface area contributed by atoms with Crippen LogP contribution in [0.15, 0.2) is 72.3 Å². The van der Waals surface area contributed by atoms with Crippen molar-refractivity contribution in [3.8, 4) is 5.75 Å². The Labute approximate surface area is 198 Å². The van der Waals surface area contributed by atoms with Crippen LogP contribution in [0.1, 0.15) is 34.7 Å². The van der Waals surface area contributed by atoms with Crippen molar-refractivity contribution in [1.82, 2.24) is 5.32 Å². The van der Waals surface area contributed by atoms with Crippen LogP contribution in [0, 0.1) is 13.8 Å². The van der Waals surface area contributed by atoms with Crippen molar-refractivity contribution in [2.45, 2.75) is 27.2 Å². The van der Waals surface area contributed by atoms with Gasteiger partial charge in [-0.15, -0.1) is 0 Å². The summed E-state index contributed by atoms with van der Waals surface area (Å²) in [7, 11) is 0. The Hall–Kier alpha value is -4.19. The number of urea groups is 1.